The molecular weight excluding hydrogens is 414 g/mol. The summed E-state index contributed by atoms with van der Waals surface area (Å²) in [7, 11) is -3.85. The van der Waals surface area contributed by atoms with Crippen molar-refractivity contribution in [1.82, 2.24) is 4.90 Å². The van der Waals surface area contributed by atoms with Crippen LogP contribution in [0, 0.1) is 0 Å². The van der Waals surface area contributed by atoms with Crippen molar-refractivity contribution in [2.45, 2.75) is 49.5 Å². The van der Waals surface area contributed by atoms with Gasteiger partial charge in [0.25, 0.3) is 5.91 Å². The van der Waals surface area contributed by atoms with Gasteiger partial charge in [0.2, 0.25) is 15.9 Å². The lowest BCUT2D eigenvalue weighted by Crippen LogP contribution is -2.75. The number of hydrogen-bond acceptors (Lipinski definition) is 5. The Morgan fingerprint density at radius 3 is 2.26 bits per heavy atom. The van der Waals surface area contributed by atoms with E-state index in [4.69, 9.17) is 9.47 Å². The lowest BCUT2D eigenvalue weighted by Gasteiger charge is -2.55. The molecule has 0 radical (unpaired) electrons. The first kappa shape index (κ1) is 19.9. The number of ether oxygens (including phenoxy) is 2. The van der Waals surface area contributed by atoms with Crippen LogP contribution < -0.4 is 4.74 Å². The first-order valence-electron chi connectivity index (χ1n) is 10.2. The van der Waals surface area contributed by atoms with Gasteiger partial charge >= 0.3 is 0 Å². The predicted molar refractivity (Wildman–Crippen MR) is 115 cm³/mol. The van der Waals surface area contributed by atoms with Crippen LogP contribution in [0.15, 0.2) is 87.9 Å². The fourth-order valence-corrected chi connectivity index (χ4v) is 6.82. The Morgan fingerprint density at radius 1 is 1.00 bits per heavy atom. The van der Waals surface area contributed by atoms with Gasteiger partial charge in [0.1, 0.15) is 28.1 Å². The lowest BCUT2D eigenvalue weighted by molar-refractivity contribution is -0.170. The molecule has 1 fully saturated rings. The topological polar surface area (TPSA) is 72.9 Å². The second-order valence-corrected chi connectivity index (χ2v) is 10.3. The van der Waals surface area contributed by atoms with Gasteiger partial charge in [-0.3, -0.25) is 4.79 Å². The predicted octanol–water partition coefficient (Wildman–Crippen LogP) is 3.47. The summed E-state index contributed by atoms with van der Waals surface area (Å²) in [6, 6.07) is 16.3. The molecule has 160 valence electrons. The molecule has 3 heterocycles. The molecule has 5 rings (SSSR count). The molecule has 0 saturated carbocycles. The zero-order valence-corrected chi connectivity index (χ0v) is 18.3. The van der Waals surface area contributed by atoms with E-state index in [1.165, 1.54) is 0 Å². The highest BCUT2D eigenvalue weighted by Crippen LogP contribution is 2.50. The van der Waals surface area contributed by atoms with E-state index in [0.717, 1.165) is 5.57 Å². The molecule has 6 nitrogen and oxygen atoms in total. The van der Waals surface area contributed by atoms with Crippen molar-refractivity contribution in [3.8, 4) is 5.75 Å². The maximum atomic E-state index is 13.6. The van der Waals surface area contributed by atoms with Crippen molar-refractivity contribution in [3.63, 3.8) is 0 Å². The number of rotatable bonds is 4. The van der Waals surface area contributed by atoms with E-state index in [1.54, 1.807) is 54.3 Å². The Bertz CT molecular complexity index is 1220. The number of hydrogen-bond donors (Lipinski definition) is 0. The quantitative estimate of drug-likeness (QED) is 0.541. The zero-order chi connectivity index (χ0) is 22.0. The SMILES string of the molecule is CC1=C[C@]2(C)OC(C)=C(S(=O)(=O)c3ccccc3)C2N2C(=O)[C@H](Oc3ccccc3)[C@@H]12. The number of β-lactam (4-membered cyclic amide) rings is 1. The molecule has 1 unspecified atom stereocenters. The minimum atomic E-state index is -3.85. The third kappa shape index (κ3) is 2.83. The summed E-state index contributed by atoms with van der Waals surface area (Å²) in [6.07, 6.45) is 1.24. The normalized spacial score (nSPS) is 29.5. The lowest BCUT2D eigenvalue weighted by atomic mass is 9.77. The number of carbonyl (C=O) groups excluding carboxylic acids is 1. The molecule has 2 aromatic carbocycles. The Labute approximate surface area is 181 Å². The van der Waals surface area contributed by atoms with E-state index < -0.39 is 27.6 Å². The summed E-state index contributed by atoms with van der Waals surface area (Å²) in [6.45, 7) is 5.40. The maximum Gasteiger partial charge on any atom is 0.267 e. The fourth-order valence-electron chi connectivity index (χ4n) is 4.99. The Kier molecular flexibility index (Phi) is 4.31. The number of allylic oxidation sites excluding steroid dienone is 1. The van der Waals surface area contributed by atoms with Crippen molar-refractivity contribution in [2.75, 3.05) is 0 Å². The van der Waals surface area contributed by atoms with Crippen LogP contribution in [-0.4, -0.2) is 43.0 Å². The average Bonchev–Trinajstić information content (AvgIpc) is 3.01. The van der Waals surface area contributed by atoms with E-state index in [2.05, 4.69) is 0 Å². The van der Waals surface area contributed by atoms with Crippen LogP contribution in [0.2, 0.25) is 0 Å². The van der Waals surface area contributed by atoms with Gasteiger partial charge in [-0.1, -0.05) is 36.4 Å². The van der Waals surface area contributed by atoms with E-state index in [0.29, 0.717) is 11.5 Å². The summed E-state index contributed by atoms with van der Waals surface area (Å²) >= 11 is 0. The molecular formula is C24H23NO5S. The highest BCUT2D eigenvalue weighted by molar-refractivity contribution is 7.95. The Morgan fingerprint density at radius 2 is 1.61 bits per heavy atom. The Hall–Kier alpha value is -3.06. The van der Waals surface area contributed by atoms with Crippen molar-refractivity contribution < 1.29 is 22.7 Å². The summed E-state index contributed by atoms with van der Waals surface area (Å²) < 4.78 is 39.2. The van der Waals surface area contributed by atoms with Crippen LogP contribution in [0.4, 0.5) is 0 Å². The molecule has 1 saturated heterocycles. The molecule has 0 bridgehead atoms. The first-order chi connectivity index (χ1) is 14.7. The molecule has 4 atom stereocenters. The average molecular weight is 438 g/mol. The van der Waals surface area contributed by atoms with Gasteiger partial charge in [-0.2, -0.15) is 0 Å². The molecule has 0 aromatic heterocycles. The van der Waals surface area contributed by atoms with Gasteiger partial charge in [-0.05, 0) is 56.7 Å². The van der Waals surface area contributed by atoms with Crippen molar-refractivity contribution in [1.29, 1.82) is 0 Å². The van der Waals surface area contributed by atoms with Crippen molar-refractivity contribution in [2.24, 2.45) is 0 Å². The molecule has 0 aliphatic carbocycles. The van der Waals surface area contributed by atoms with Gasteiger partial charge < -0.3 is 14.4 Å². The minimum Gasteiger partial charge on any atom is -0.484 e. The Balaban J connectivity index is 1.56. The van der Waals surface area contributed by atoms with Gasteiger partial charge in [0.05, 0.1) is 10.9 Å². The number of sulfone groups is 1. The number of nitrogens with zero attached hydrogens (tertiary/aromatic N) is 1. The van der Waals surface area contributed by atoms with Crippen LogP contribution in [-0.2, 0) is 19.4 Å². The summed E-state index contributed by atoms with van der Waals surface area (Å²) in [5, 5.41) is 0. The first-order valence-corrected chi connectivity index (χ1v) is 11.7. The minimum absolute atomic E-state index is 0.140. The van der Waals surface area contributed by atoms with E-state index in [9.17, 15) is 13.2 Å². The second kappa shape index (κ2) is 6.72. The number of fused-ring (bicyclic) bond motifs is 3. The maximum absolute atomic E-state index is 13.6. The standard InChI is InChI=1S/C24H23NO5S/c1-15-14-24(3)22(21(16(2)30-24)31(27,28)18-12-8-5-9-13-18)25-19(15)20(23(25)26)29-17-10-6-4-7-11-17/h4-14,19-20,22H,1-3H3/t19-,20-,22?,24+/m1/s1. The number of carbonyl (C=O) groups is 1. The van der Waals surface area contributed by atoms with Gasteiger partial charge in [0, 0.05) is 0 Å². The second-order valence-electron chi connectivity index (χ2n) is 8.36. The molecule has 7 heteroatoms. The van der Waals surface area contributed by atoms with E-state index in [-0.39, 0.29) is 21.7 Å². The van der Waals surface area contributed by atoms with Crippen LogP contribution in [0.3, 0.4) is 0 Å². The number of benzene rings is 2. The van der Waals surface area contributed by atoms with Crippen LogP contribution in [0.5, 0.6) is 5.75 Å². The number of amides is 1. The largest absolute Gasteiger partial charge is 0.484 e. The highest BCUT2D eigenvalue weighted by Gasteiger charge is 2.64. The zero-order valence-electron chi connectivity index (χ0n) is 17.5. The van der Waals surface area contributed by atoms with E-state index >= 15 is 0 Å². The van der Waals surface area contributed by atoms with Crippen LogP contribution in [0.1, 0.15) is 20.8 Å². The highest BCUT2D eigenvalue weighted by atomic mass is 32.2. The molecule has 1 amide bonds. The third-order valence-corrected chi connectivity index (χ3v) is 8.19. The van der Waals surface area contributed by atoms with Gasteiger partial charge in [0.15, 0.2) is 0 Å². The molecule has 31 heavy (non-hydrogen) atoms. The van der Waals surface area contributed by atoms with Crippen molar-refractivity contribution >= 4 is 15.7 Å². The summed E-state index contributed by atoms with van der Waals surface area (Å²) in [5.41, 5.74) is -0.0275. The third-order valence-electron chi connectivity index (χ3n) is 6.20. The van der Waals surface area contributed by atoms with Crippen LogP contribution >= 0.6 is 0 Å². The molecule has 3 aliphatic heterocycles. The van der Waals surface area contributed by atoms with Crippen LogP contribution in [0.25, 0.3) is 0 Å². The fraction of sp³-hybridized carbons (Fsp3) is 0.292. The molecule has 3 aliphatic rings. The van der Waals surface area contributed by atoms with Crippen molar-refractivity contribution in [3.05, 3.63) is 83.0 Å². The smallest absolute Gasteiger partial charge is 0.267 e. The van der Waals surface area contributed by atoms with Gasteiger partial charge in [-0.15, -0.1) is 0 Å². The van der Waals surface area contributed by atoms with Gasteiger partial charge in [-0.25, -0.2) is 8.42 Å². The summed E-state index contributed by atoms with van der Waals surface area (Å²) in [5.74, 6) is 0.686. The van der Waals surface area contributed by atoms with E-state index in [1.807, 2.05) is 38.1 Å². The number of para-hydroxylation sites is 1. The molecule has 0 spiro atoms. The summed E-state index contributed by atoms with van der Waals surface area (Å²) in [4.78, 5) is 15.2. The monoisotopic (exact) mass is 437 g/mol. The molecule has 0 N–H and O–H groups in total. The molecule has 2 aromatic rings.